The summed E-state index contributed by atoms with van der Waals surface area (Å²) in [5.41, 5.74) is 0.819. The van der Waals surface area contributed by atoms with E-state index in [1.54, 1.807) is 0 Å². The van der Waals surface area contributed by atoms with Crippen LogP contribution in [0.25, 0.3) is 0 Å². The monoisotopic (exact) mass is 280 g/mol. The molecule has 0 bridgehead atoms. The highest BCUT2D eigenvalue weighted by Crippen LogP contribution is 2.15. The van der Waals surface area contributed by atoms with Crippen molar-refractivity contribution < 1.29 is 9.53 Å². The molecule has 1 aliphatic heterocycles. The van der Waals surface area contributed by atoms with Crippen molar-refractivity contribution in [2.24, 2.45) is 0 Å². The van der Waals surface area contributed by atoms with Crippen LogP contribution in [0.1, 0.15) is 6.92 Å². The van der Waals surface area contributed by atoms with Gasteiger partial charge in [0.1, 0.15) is 5.75 Å². The summed E-state index contributed by atoms with van der Waals surface area (Å²) in [4.78, 5) is 14.1. The molecular weight excluding hydrogens is 260 g/mol. The van der Waals surface area contributed by atoms with Gasteiger partial charge >= 0.3 is 0 Å². The van der Waals surface area contributed by atoms with Gasteiger partial charge in [-0.15, -0.1) is 0 Å². The van der Waals surface area contributed by atoms with Crippen LogP contribution in [-0.4, -0.2) is 48.6 Å². The lowest BCUT2D eigenvalue weighted by atomic mass is 10.3. The zero-order valence-corrected chi connectivity index (χ0v) is 12.0. The Morgan fingerprint density at radius 3 is 2.63 bits per heavy atom. The fourth-order valence-electron chi connectivity index (χ4n) is 1.96. The number of ether oxygens (including phenoxy) is 1. The van der Waals surface area contributed by atoms with Crippen LogP contribution in [0.2, 0.25) is 0 Å². The van der Waals surface area contributed by atoms with Crippen molar-refractivity contribution in [2.75, 3.05) is 43.1 Å². The van der Waals surface area contributed by atoms with Crippen molar-refractivity contribution in [2.45, 2.75) is 6.92 Å². The Morgan fingerprint density at radius 1 is 1.32 bits per heavy atom. The Bertz CT molecular complexity index is 402. The van der Waals surface area contributed by atoms with E-state index in [0.717, 1.165) is 36.0 Å². The summed E-state index contributed by atoms with van der Waals surface area (Å²) in [5.74, 6) is 3.12. The highest BCUT2D eigenvalue weighted by atomic mass is 32.2. The highest BCUT2D eigenvalue weighted by Gasteiger charge is 2.13. The molecule has 1 aromatic rings. The van der Waals surface area contributed by atoms with Gasteiger partial charge in [-0.3, -0.25) is 9.69 Å². The Hall–Kier alpha value is -1.20. The number of anilines is 1. The molecule has 1 fully saturated rings. The van der Waals surface area contributed by atoms with Crippen LogP contribution in [0.5, 0.6) is 5.75 Å². The molecule has 1 heterocycles. The van der Waals surface area contributed by atoms with Crippen LogP contribution in [0, 0.1) is 0 Å². The molecule has 0 radical (unpaired) electrons. The minimum atomic E-state index is 0.0519. The fourth-order valence-corrected chi connectivity index (χ4v) is 2.94. The summed E-state index contributed by atoms with van der Waals surface area (Å²) in [5, 5.41) is 2.92. The molecule has 19 heavy (non-hydrogen) atoms. The molecule has 1 saturated heterocycles. The summed E-state index contributed by atoms with van der Waals surface area (Å²) in [6, 6.07) is 7.48. The zero-order valence-electron chi connectivity index (χ0n) is 11.2. The normalized spacial score (nSPS) is 16.1. The Kier molecular flexibility index (Phi) is 5.54. The topological polar surface area (TPSA) is 41.6 Å². The lowest BCUT2D eigenvalue weighted by Crippen LogP contribution is -2.38. The third-order valence-corrected chi connectivity index (χ3v) is 3.86. The summed E-state index contributed by atoms with van der Waals surface area (Å²) in [6.45, 7) is 5.09. The maximum atomic E-state index is 11.9. The van der Waals surface area contributed by atoms with E-state index in [0.29, 0.717) is 13.2 Å². The molecule has 5 heteroatoms. The van der Waals surface area contributed by atoms with E-state index in [2.05, 4.69) is 10.2 Å². The van der Waals surface area contributed by atoms with E-state index >= 15 is 0 Å². The first kappa shape index (κ1) is 14.2. The summed E-state index contributed by atoms with van der Waals surface area (Å²) in [6.07, 6.45) is 0. The molecule has 1 amide bonds. The van der Waals surface area contributed by atoms with Crippen LogP contribution in [0.4, 0.5) is 5.69 Å². The standard InChI is InChI=1S/C14H20N2O2S/c1-2-18-13-5-3-12(4-6-13)15-14(17)11-16-7-9-19-10-8-16/h3-6H,2,7-11H2,1H3,(H,15,17). The maximum Gasteiger partial charge on any atom is 0.238 e. The minimum Gasteiger partial charge on any atom is -0.494 e. The molecule has 0 spiro atoms. The van der Waals surface area contributed by atoms with Crippen LogP contribution < -0.4 is 10.1 Å². The predicted molar refractivity (Wildman–Crippen MR) is 80.0 cm³/mol. The van der Waals surface area contributed by atoms with Gasteiger partial charge in [0.2, 0.25) is 5.91 Å². The SMILES string of the molecule is CCOc1ccc(NC(=O)CN2CCSCC2)cc1. The number of carbonyl (C=O) groups is 1. The highest BCUT2D eigenvalue weighted by molar-refractivity contribution is 7.99. The van der Waals surface area contributed by atoms with E-state index in [1.165, 1.54) is 0 Å². The largest absolute Gasteiger partial charge is 0.494 e. The number of nitrogens with one attached hydrogen (secondary N) is 1. The second-order valence-corrected chi connectivity index (χ2v) is 5.62. The third kappa shape index (κ3) is 4.76. The van der Waals surface area contributed by atoms with E-state index < -0.39 is 0 Å². The molecule has 0 saturated carbocycles. The van der Waals surface area contributed by atoms with E-state index in [4.69, 9.17) is 4.74 Å². The van der Waals surface area contributed by atoms with Crippen LogP contribution in [-0.2, 0) is 4.79 Å². The van der Waals surface area contributed by atoms with Crippen molar-refractivity contribution >= 4 is 23.4 Å². The van der Waals surface area contributed by atoms with Gasteiger partial charge in [0.05, 0.1) is 13.2 Å². The maximum absolute atomic E-state index is 11.9. The van der Waals surface area contributed by atoms with E-state index in [1.807, 2.05) is 43.0 Å². The molecule has 1 aromatic carbocycles. The number of rotatable bonds is 5. The van der Waals surface area contributed by atoms with Crippen molar-refractivity contribution in [1.82, 2.24) is 4.90 Å². The summed E-state index contributed by atoms with van der Waals surface area (Å²) in [7, 11) is 0. The minimum absolute atomic E-state index is 0.0519. The molecule has 0 aliphatic carbocycles. The summed E-state index contributed by atoms with van der Waals surface area (Å²) >= 11 is 1.95. The van der Waals surface area contributed by atoms with Gasteiger partial charge in [-0.05, 0) is 31.2 Å². The molecule has 104 valence electrons. The first-order valence-electron chi connectivity index (χ1n) is 6.60. The number of hydrogen-bond acceptors (Lipinski definition) is 4. The average Bonchev–Trinajstić information content (AvgIpc) is 2.42. The first-order chi connectivity index (χ1) is 9.28. The molecule has 2 rings (SSSR count). The van der Waals surface area contributed by atoms with Gasteiger partial charge < -0.3 is 10.1 Å². The number of benzene rings is 1. The average molecular weight is 280 g/mol. The Balaban J connectivity index is 1.80. The quantitative estimate of drug-likeness (QED) is 0.896. The number of carbonyl (C=O) groups excluding carboxylic acids is 1. The predicted octanol–water partition coefficient (Wildman–Crippen LogP) is 2.07. The number of amides is 1. The Morgan fingerprint density at radius 2 is 2.00 bits per heavy atom. The molecule has 1 N–H and O–H groups in total. The Labute approximate surface area is 118 Å². The first-order valence-corrected chi connectivity index (χ1v) is 7.76. The summed E-state index contributed by atoms with van der Waals surface area (Å²) < 4.78 is 5.36. The van der Waals surface area contributed by atoms with Gasteiger partial charge in [0.25, 0.3) is 0 Å². The number of nitrogens with zero attached hydrogens (tertiary/aromatic N) is 1. The second kappa shape index (κ2) is 7.40. The smallest absolute Gasteiger partial charge is 0.238 e. The van der Waals surface area contributed by atoms with Crippen molar-refractivity contribution in [3.63, 3.8) is 0 Å². The molecule has 1 aliphatic rings. The lowest BCUT2D eigenvalue weighted by Gasteiger charge is -2.25. The number of hydrogen-bond donors (Lipinski definition) is 1. The van der Waals surface area contributed by atoms with Gasteiger partial charge in [-0.25, -0.2) is 0 Å². The molecular formula is C14H20N2O2S. The zero-order chi connectivity index (χ0) is 13.5. The van der Waals surface area contributed by atoms with Gasteiger partial charge in [-0.1, -0.05) is 0 Å². The van der Waals surface area contributed by atoms with E-state index in [9.17, 15) is 4.79 Å². The number of thioether (sulfide) groups is 1. The van der Waals surface area contributed by atoms with E-state index in [-0.39, 0.29) is 5.91 Å². The van der Waals surface area contributed by atoms with Crippen molar-refractivity contribution in [3.05, 3.63) is 24.3 Å². The van der Waals surface area contributed by atoms with Crippen LogP contribution in [0.15, 0.2) is 24.3 Å². The van der Waals surface area contributed by atoms with Gasteiger partial charge in [-0.2, -0.15) is 11.8 Å². The van der Waals surface area contributed by atoms with Crippen molar-refractivity contribution in [3.8, 4) is 5.75 Å². The molecule has 0 atom stereocenters. The van der Waals surface area contributed by atoms with Gasteiger partial charge in [0, 0.05) is 30.3 Å². The lowest BCUT2D eigenvalue weighted by molar-refractivity contribution is -0.117. The van der Waals surface area contributed by atoms with Crippen LogP contribution >= 0.6 is 11.8 Å². The fraction of sp³-hybridized carbons (Fsp3) is 0.500. The van der Waals surface area contributed by atoms with Crippen LogP contribution in [0.3, 0.4) is 0 Å². The van der Waals surface area contributed by atoms with Gasteiger partial charge in [0.15, 0.2) is 0 Å². The molecule has 0 unspecified atom stereocenters. The molecule has 4 nitrogen and oxygen atoms in total. The molecule has 0 aromatic heterocycles. The third-order valence-electron chi connectivity index (χ3n) is 2.92. The van der Waals surface area contributed by atoms with Crippen molar-refractivity contribution in [1.29, 1.82) is 0 Å². The second-order valence-electron chi connectivity index (χ2n) is 4.39.